The summed E-state index contributed by atoms with van der Waals surface area (Å²) in [7, 11) is -4.99. The third-order valence-electron chi connectivity index (χ3n) is 4.04. The number of carbonyl (C=O) groups excluding carboxylic acids is 1. The van der Waals surface area contributed by atoms with Gasteiger partial charge in [0.15, 0.2) is 18.5 Å². The molecule has 0 saturated carbocycles. The van der Waals surface area contributed by atoms with Gasteiger partial charge in [0.05, 0.1) is 12.2 Å². The highest BCUT2D eigenvalue weighted by atomic mass is 32.2. The molecule has 1 unspecified atom stereocenters. The number of hydrogen-bond donors (Lipinski definition) is 3. The van der Waals surface area contributed by atoms with Crippen LogP contribution in [0.25, 0.3) is 0 Å². The Kier molecular flexibility index (Phi) is 6.64. The monoisotopic (exact) mass is 427 g/mol. The Hall–Kier alpha value is -1.62. The molecule has 5 atom stereocenters. The number of aromatic nitrogens is 1. The quantitative estimate of drug-likeness (QED) is 0.330. The molecule has 1 aliphatic heterocycles. The minimum Gasteiger partial charge on any atom is -0.756 e. The molecular weight excluding hydrogens is 409 g/mol. The van der Waals surface area contributed by atoms with E-state index in [9.17, 15) is 24.5 Å². The first-order valence-electron chi connectivity index (χ1n) is 8.22. The number of carbonyl (C=O) groups is 1. The smallest absolute Gasteiger partial charge is 0.292 e. The van der Waals surface area contributed by atoms with Gasteiger partial charge in [0, 0.05) is 11.0 Å². The van der Waals surface area contributed by atoms with Gasteiger partial charge in [-0.05, 0) is 30.0 Å². The summed E-state index contributed by atoms with van der Waals surface area (Å²) in [5, 5.41) is 20.0. The normalized spacial score (nSPS) is 26.7. The lowest BCUT2D eigenvalue weighted by Gasteiger charge is -2.19. The number of aliphatic hydroxyl groups is 2. The molecule has 3 N–H and O–H groups in total. The van der Waals surface area contributed by atoms with E-state index in [4.69, 9.17) is 9.63 Å². The number of aliphatic hydroxyl groups excluding tert-OH is 2. The van der Waals surface area contributed by atoms with Crippen molar-refractivity contribution >= 4 is 24.7 Å². The number of phosphoric ester groups is 1. The van der Waals surface area contributed by atoms with Crippen LogP contribution in [-0.4, -0.2) is 45.1 Å². The van der Waals surface area contributed by atoms with Crippen LogP contribution in [0.2, 0.25) is 0 Å². The first-order valence-corrected chi connectivity index (χ1v) is 10.5. The molecule has 28 heavy (non-hydrogen) atoms. The van der Waals surface area contributed by atoms with E-state index in [1.165, 1.54) is 10.8 Å². The molecule has 1 fully saturated rings. The molecule has 1 aliphatic rings. The number of rotatable bonds is 6. The van der Waals surface area contributed by atoms with Gasteiger partial charge in [0.1, 0.15) is 12.2 Å². The molecular formula is C17H18NO8PS. The summed E-state index contributed by atoms with van der Waals surface area (Å²) in [6.45, 7) is -0.658. The lowest BCUT2D eigenvalue weighted by molar-refractivity contribution is -0.765. The summed E-state index contributed by atoms with van der Waals surface area (Å²) in [5.74, 6) is 0. The molecule has 2 aromatic rings. The molecule has 0 spiro atoms. The number of phosphoric acid groups is 1. The Labute approximate surface area is 164 Å². The number of benzene rings is 1. The van der Waals surface area contributed by atoms with Gasteiger partial charge in [-0.1, -0.05) is 18.2 Å². The summed E-state index contributed by atoms with van der Waals surface area (Å²) < 4.78 is 21.8. The summed E-state index contributed by atoms with van der Waals surface area (Å²) in [5.41, 5.74) is 0.348. The standard InChI is InChI=1S/C17H18NO8PS/c19-14-13(10-25-27(22,23)24)26-16(15(14)20)18-8-4-5-11(9-18)17(21)28-12-6-2-1-3-7-12/h1-9,13-16,19-20H,10H2,(H-,22,23,24)/t13-,14-,15-,16-/m1/s1. The first kappa shape index (κ1) is 21.1. The molecule has 3 rings (SSSR count). The zero-order valence-electron chi connectivity index (χ0n) is 14.4. The maximum atomic E-state index is 12.5. The Bertz CT molecular complexity index is 876. The SMILES string of the molecule is O=C(Sc1ccccc1)c1ccc[n+]([C@@H]2O[C@H](COP(=O)([O-])O)[C@@H](O)[C@H]2O)c1. The van der Waals surface area contributed by atoms with E-state index in [-0.39, 0.29) is 5.12 Å². The zero-order chi connectivity index (χ0) is 20.3. The third-order valence-corrected chi connectivity index (χ3v) is 5.45. The third kappa shape index (κ3) is 5.25. The van der Waals surface area contributed by atoms with Crippen LogP contribution in [0, 0.1) is 0 Å². The number of thioether (sulfide) groups is 1. The summed E-state index contributed by atoms with van der Waals surface area (Å²) >= 11 is 1.04. The highest BCUT2D eigenvalue weighted by Crippen LogP contribution is 2.33. The average molecular weight is 427 g/mol. The molecule has 11 heteroatoms. The van der Waals surface area contributed by atoms with Gasteiger partial charge in [0.2, 0.25) is 5.12 Å². The minimum atomic E-state index is -4.99. The largest absolute Gasteiger partial charge is 0.756 e. The number of hydrogen-bond acceptors (Lipinski definition) is 8. The van der Waals surface area contributed by atoms with Crippen molar-refractivity contribution in [1.82, 2.24) is 0 Å². The van der Waals surface area contributed by atoms with E-state index in [0.717, 1.165) is 16.7 Å². The van der Waals surface area contributed by atoms with Crippen molar-refractivity contribution in [2.24, 2.45) is 0 Å². The van der Waals surface area contributed by atoms with E-state index in [1.807, 2.05) is 18.2 Å². The van der Waals surface area contributed by atoms with Gasteiger partial charge >= 0.3 is 0 Å². The highest BCUT2D eigenvalue weighted by molar-refractivity contribution is 8.14. The van der Waals surface area contributed by atoms with Crippen molar-refractivity contribution < 1.29 is 43.2 Å². The molecule has 1 saturated heterocycles. The Morgan fingerprint density at radius 3 is 2.61 bits per heavy atom. The maximum Gasteiger partial charge on any atom is 0.292 e. The van der Waals surface area contributed by atoms with Crippen LogP contribution in [0.4, 0.5) is 0 Å². The van der Waals surface area contributed by atoms with Gasteiger partial charge < -0.3 is 29.3 Å². The highest BCUT2D eigenvalue weighted by Gasteiger charge is 2.48. The molecule has 0 radical (unpaired) electrons. The van der Waals surface area contributed by atoms with Crippen LogP contribution >= 0.6 is 19.6 Å². The molecule has 1 aromatic carbocycles. The summed E-state index contributed by atoms with van der Waals surface area (Å²) in [6, 6.07) is 12.3. The fraction of sp³-hybridized carbons (Fsp3) is 0.294. The second-order valence-corrected chi connectivity index (χ2v) is 8.29. The fourth-order valence-electron chi connectivity index (χ4n) is 2.71. The van der Waals surface area contributed by atoms with E-state index >= 15 is 0 Å². The van der Waals surface area contributed by atoms with Gasteiger partial charge in [-0.15, -0.1) is 0 Å². The fourth-order valence-corrected chi connectivity index (χ4v) is 3.79. The first-order chi connectivity index (χ1) is 13.2. The second-order valence-electron chi connectivity index (χ2n) is 6.05. The van der Waals surface area contributed by atoms with Gasteiger partial charge in [0.25, 0.3) is 14.1 Å². The zero-order valence-corrected chi connectivity index (χ0v) is 16.1. The Morgan fingerprint density at radius 2 is 1.93 bits per heavy atom. The molecule has 9 nitrogen and oxygen atoms in total. The number of pyridine rings is 1. The van der Waals surface area contributed by atoms with Crippen LogP contribution in [0.1, 0.15) is 16.6 Å². The lowest BCUT2D eigenvalue weighted by Crippen LogP contribution is -2.46. The molecule has 0 amide bonds. The van der Waals surface area contributed by atoms with E-state index in [0.29, 0.717) is 5.56 Å². The lowest BCUT2D eigenvalue weighted by atomic mass is 10.1. The summed E-state index contributed by atoms with van der Waals surface area (Å²) in [6.07, 6.45) is -2.08. The van der Waals surface area contributed by atoms with Crippen molar-refractivity contribution in [2.75, 3.05) is 6.61 Å². The van der Waals surface area contributed by atoms with Crippen LogP contribution in [0.3, 0.4) is 0 Å². The van der Waals surface area contributed by atoms with Crippen molar-refractivity contribution in [3.63, 3.8) is 0 Å². The van der Waals surface area contributed by atoms with Crippen LogP contribution in [0.15, 0.2) is 59.8 Å². The van der Waals surface area contributed by atoms with Gasteiger partial charge in [-0.2, -0.15) is 4.57 Å². The van der Waals surface area contributed by atoms with Crippen molar-refractivity contribution in [3.8, 4) is 0 Å². The minimum absolute atomic E-state index is 0.221. The van der Waals surface area contributed by atoms with Crippen molar-refractivity contribution in [1.29, 1.82) is 0 Å². The molecule has 0 aliphatic carbocycles. The Morgan fingerprint density at radius 1 is 1.21 bits per heavy atom. The van der Waals surface area contributed by atoms with E-state index in [1.54, 1.807) is 30.5 Å². The van der Waals surface area contributed by atoms with Crippen molar-refractivity contribution in [3.05, 3.63) is 60.4 Å². The topological polar surface area (TPSA) is 140 Å². The van der Waals surface area contributed by atoms with Gasteiger partial charge in [-0.3, -0.25) is 9.36 Å². The molecule has 0 bridgehead atoms. The van der Waals surface area contributed by atoms with Crippen molar-refractivity contribution in [2.45, 2.75) is 29.4 Å². The van der Waals surface area contributed by atoms with Gasteiger partial charge in [-0.25, -0.2) is 0 Å². The van der Waals surface area contributed by atoms with Crippen LogP contribution in [-0.2, 0) is 13.8 Å². The van der Waals surface area contributed by atoms with Crippen LogP contribution < -0.4 is 9.46 Å². The number of nitrogens with zero attached hydrogens (tertiary/aromatic N) is 1. The molecule has 1 aromatic heterocycles. The molecule has 2 heterocycles. The molecule has 150 valence electrons. The average Bonchev–Trinajstić information content (AvgIpc) is 2.95. The van der Waals surface area contributed by atoms with E-state index in [2.05, 4.69) is 4.52 Å². The maximum absolute atomic E-state index is 12.5. The second kappa shape index (κ2) is 8.81. The summed E-state index contributed by atoms with van der Waals surface area (Å²) in [4.78, 5) is 32.6. The van der Waals surface area contributed by atoms with Crippen LogP contribution in [0.5, 0.6) is 0 Å². The predicted molar refractivity (Wildman–Crippen MR) is 95.0 cm³/mol. The Balaban J connectivity index is 1.72. The number of ether oxygens (including phenoxy) is 1. The van der Waals surface area contributed by atoms with E-state index < -0.39 is 39.0 Å². The predicted octanol–water partition coefficient (Wildman–Crippen LogP) is 0.00310.